The minimum Gasteiger partial charge on any atom is -0.444 e. The van der Waals surface area contributed by atoms with Crippen molar-refractivity contribution >= 4 is 17.5 Å². The highest BCUT2D eigenvalue weighted by molar-refractivity contribution is 5.69. The van der Waals surface area contributed by atoms with Gasteiger partial charge in [-0.1, -0.05) is 12.8 Å². The van der Waals surface area contributed by atoms with Crippen LogP contribution in [0.3, 0.4) is 0 Å². The van der Waals surface area contributed by atoms with E-state index < -0.39 is 5.60 Å². The zero-order chi connectivity index (χ0) is 18.4. The second-order valence-corrected chi connectivity index (χ2v) is 7.97. The van der Waals surface area contributed by atoms with E-state index in [1.54, 1.807) is 0 Å². The van der Waals surface area contributed by atoms with E-state index in [4.69, 9.17) is 4.74 Å². The van der Waals surface area contributed by atoms with Crippen LogP contribution in [0, 0.1) is 5.92 Å². The number of carbonyl (C=O) groups is 1. The molecule has 0 saturated heterocycles. The number of alkyl carbamates (subject to hydrolysis) is 1. The number of hydrogen-bond donors (Lipinski definition) is 2. The molecule has 1 fully saturated rings. The van der Waals surface area contributed by atoms with E-state index in [1.165, 1.54) is 12.8 Å². The zero-order valence-corrected chi connectivity index (χ0v) is 16.1. The molecule has 6 heteroatoms. The molecule has 1 aliphatic rings. The average molecular weight is 348 g/mol. The third-order valence-electron chi connectivity index (χ3n) is 4.44. The van der Waals surface area contributed by atoms with Crippen molar-refractivity contribution in [1.29, 1.82) is 0 Å². The van der Waals surface area contributed by atoms with Crippen molar-refractivity contribution in [1.82, 2.24) is 10.3 Å². The van der Waals surface area contributed by atoms with Gasteiger partial charge < -0.3 is 20.3 Å². The van der Waals surface area contributed by atoms with Gasteiger partial charge in [-0.05, 0) is 45.6 Å². The molecule has 1 amide bonds. The van der Waals surface area contributed by atoms with Crippen molar-refractivity contribution < 1.29 is 9.53 Å². The Morgan fingerprint density at radius 2 is 2.04 bits per heavy atom. The summed E-state index contributed by atoms with van der Waals surface area (Å²) in [6, 6.07) is 2.34. The molecular formula is C19H32N4O2. The quantitative estimate of drug-likeness (QED) is 0.850. The van der Waals surface area contributed by atoms with Gasteiger partial charge in [0, 0.05) is 32.9 Å². The van der Waals surface area contributed by atoms with Crippen LogP contribution >= 0.6 is 0 Å². The number of amides is 1. The van der Waals surface area contributed by atoms with Crippen LogP contribution in [-0.4, -0.2) is 43.4 Å². The topological polar surface area (TPSA) is 66.5 Å². The molecule has 2 rings (SSSR count). The van der Waals surface area contributed by atoms with Crippen molar-refractivity contribution in [3.05, 3.63) is 18.5 Å². The van der Waals surface area contributed by atoms with Crippen LogP contribution in [0.5, 0.6) is 0 Å². The highest BCUT2D eigenvalue weighted by Gasteiger charge is 2.27. The molecule has 0 radical (unpaired) electrons. The fourth-order valence-corrected chi connectivity index (χ4v) is 3.26. The molecule has 2 N–H and O–H groups in total. The lowest BCUT2D eigenvalue weighted by Gasteiger charge is -2.34. The maximum Gasteiger partial charge on any atom is 0.407 e. The molecule has 0 bridgehead atoms. The van der Waals surface area contributed by atoms with Gasteiger partial charge >= 0.3 is 6.09 Å². The average Bonchev–Trinajstić information content (AvgIpc) is 2.53. The van der Waals surface area contributed by atoms with Crippen LogP contribution < -0.4 is 15.5 Å². The van der Waals surface area contributed by atoms with E-state index in [0.717, 1.165) is 24.2 Å². The number of anilines is 2. The molecule has 1 saturated carbocycles. The number of aromatic nitrogens is 1. The normalized spacial score (nSPS) is 20.7. The lowest BCUT2D eigenvalue weighted by molar-refractivity contribution is 0.0514. The largest absolute Gasteiger partial charge is 0.444 e. The van der Waals surface area contributed by atoms with Crippen LogP contribution in [0.1, 0.15) is 46.5 Å². The molecule has 1 aromatic heterocycles. The second-order valence-electron chi connectivity index (χ2n) is 7.97. The number of ether oxygens (including phenoxy) is 1. The van der Waals surface area contributed by atoms with E-state index in [9.17, 15) is 4.79 Å². The fourth-order valence-electron chi connectivity index (χ4n) is 3.26. The number of carbonyl (C=O) groups excluding carboxylic acids is 1. The van der Waals surface area contributed by atoms with Gasteiger partial charge in [0.15, 0.2) is 0 Å². The summed E-state index contributed by atoms with van der Waals surface area (Å²) in [6.07, 6.45) is 7.95. The smallest absolute Gasteiger partial charge is 0.407 e. The van der Waals surface area contributed by atoms with Crippen LogP contribution in [0.4, 0.5) is 16.2 Å². The molecule has 2 unspecified atom stereocenters. The summed E-state index contributed by atoms with van der Waals surface area (Å²) in [5, 5.41) is 6.59. The number of rotatable bonds is 5. The second kappa shape index (κ2) is 8.41. The van der Waals surface area contributed by atoms with Gasteiger partial charge in [0.25, 0.3) is 0 Å². The van der Waals surface area contributed by atoms with Crippen LogP contribution in [-0.2, 0) is 4.74 Å². The molecule has 1 aromatic rings. The Bertz CT molecular complexity index is 569. The van der Waals surface area contributed by atoms with Gasteiger partial charge in [0.1, 0.15) is 5.60 Å². The lowest BCUT2D eigenvalue weighted by Crippen LogP contribution is -2.42. The van der Waals surface area contributed by atoms with Crippen molar-refractivity contribution in [2.75, 3.05) is 30.9 Å². The Morgan fingerprint density at radius 1 is 1.32 bits per heavy atom. The van der Waals surface area contributed by atoms with E-state index in [1.807, 2.05) is 53.3 Å². The highest BCUT2D eigenvalue weighted by Crippen LogP contribution is 2.30. The minimum atomic E-state index is -0.468. The highest BCUT2D eigenvalue weighted by atomic mass is 16.6. The van der Waals surface area contributed by atoms with E-state index in [0.29, 0.717) is 18.5 Å². The predicted octanol–water partition coefficient (Wildman–Crippen LogP) is 3.64. The molecule has 1 aliphatic carbocycles. The van der Waals surface area contributed by atoms with Crippen molar-refractivity contribution in [2.45, 2.75) is 58.1 Å². The fraction of sp³-hybridized carbons (Fsp3) is 0.684. The molecule has 6 nitrogen and oxygen atoms in total. The van der Waals surface area contributed by atoms with Crippen LogP contribution in [0.25, 0.3) is 0 Å². The number of nitrogens with zero attached hydrogens (tertiary/aromatic N) is 2. The third kappa shape index (κ3) is 6.11. The van der Waals surface area contributed by atoms with E-state index >= 15 is 0 Å². The van der Waals surface area contributed by atoms with Gasteiger partial charge in [-0.2, -0.15) is 0 Å². The Hall–Kier alpha value is -1.98. The van der Waals surface area contributed by atoms with Crippen LogP contribution in [0.15, 0.2) is 18.5 Å². The molecule has 0 aliphatic heterocycles. The lowest BCUT2D eigenvalue weighted by atomic mass is 9.84. The molecule has 0 spiro atoms. The Balaban J connectivity index is 1.98. The first kappa shape index (κ1) is 19.3. The van der Waals surface area contributed by atoms with Gasteiger partial charge in [-0.3, -0.25) is 4.98 Å². The van der Waals surface area contributed by atoms with Gasteiger partial charge in [0.05, 0.1) is 17.6 Å². The molecule has 2 atom stereocenters. The van der Waals surface area contributed by atoms with E-state index in [2.05, 4.69) is 20.5 Å². The maximum atomic E-state index is 11.9. The summed E-state index contributed by atoms with van der Waals surface area (Å²) in [5.41, 5.74) is 1.70. The monoisotopic (exact) mass is 348 g/mol. The molecule has 1 heterocycles. The standard InChI is InChI=1S/C19H32N4O2/c1-19(2,3)25-18(24)21-12-14-8-6-7-9-15(14)22-16-13-20-11-10-17(16)23(4)5/h10-11,13-15,22H,6-9,12H2,1-5H3,(H,21,24). The summed E-state index contributed by atoms with van der Waals surface area (Å²) in [5.74, 6) is 0.386. The first-order valence-electron chi connectivity index (χ1n) is 9.11. The molecule has 25 heavy (non-hydrogen) atoms. The number of hydrogen-bond acceptors (Lipinski definition) is 5. The van der Waals surface area contributed by atoms with Crippen molar-refractivity contribution in [2.24, 2.45) is 5.92 Å². The third-order valence-corrected chi connectivity index (χ3v) is 4.44. The SMILES string of the molecule is CN(C)c1ccncc1NC1CCCCC1CNC(=O)OC(C)(C)C. The number of pyridine rings is 1. The summed E-state index contributed by atoms with van der Waals surface area (Å²) in [4.78, 5) is 18.3. The Kier molecular flexibility index (Phi) is 6.51. The summed E-state index contributed by atoms with van der Waals surface area (Å²) < 4.78 is 5.35. The van der Waals surface area contributed by atoms with Gasteiger partial charge in [0.2, 0.25) is 0 Å². The Morgan fingerprint density at radius 3 is 2.72 bits per heavy atom. The van der Waals surface area contributed by atoms with E-state index in [-0.39, 0.29) is 6.09 Å². The van der Waals surface area contributed by atoms with Gasteiger partial charge in [-0.15, -0.1) is 0 Å². The predicted molar refractivity (Wildman–Crippen MR) is 102 cm³/mol. The summed E-state index contributed by atoms with van der Waals surface area (Å²) >= 11 is 0. The summed E-state index contributed by atoms with van der Waals surface area (Å²) in [6.45, 7) is 6.26. The van der Waals surface area contributed by atoms with Crippen molar-refractivity contribution in [3.63, 3.8) is 0 Å². The first-order valence-corrected chi connectivity index (χ1v) is 9.11. The first-order chi connectivity index (χ1) is 11.8. The Labute approximate surface area is 151 Å². The number of nitrogens with one attached hydrogen (secondary N) is 2. The molecule has 140 valence electrons. The summed E-state index contributed by atoms with van der Waals surface area (Å²) in [7, 11) is 4.06. The minimum absolute atomic E-state index is 0.326. The van der Waals surface area contributed by atoms with Crippen LogP contribution in [0.2, 0.25) is 0 Å². The maximum absolute atomic E-state index is 11.9. The molecular weight excluding hydrogens is 316 g/mol. The molecule has 0 aromatic carbocycles. The van der Waals surface area contributed by atoms with Gasteiger partial charge in [-0.25, -0.2) is 4.79 Å². The zero-order valence-electron chi connectivity index (χ0n) is 16.1. The van der Waals surface area contributed by atoms with Crippen molar-refractivity contribution in [3.8, 4) is 0 Å².